The lowest BCUT2D eigenvalue weighted by molar-refractivity contribution is 0.213. The second kappa shape index (κ2) is 23.6. The summed E-state index contributed by atoms with van der Waals surface area (Å²) < 4.78 is 0. The molecule has 1 fully saturated rings. The molecule has 1 rings (SSSR count). The Bertz CT molecular complexity index is 190. The molecule has 0 amide bonds. The van der Waals surface area contributed by atoms with Crippen molar-refractivity contribution in [2.24, 2.45) is 5.92 Å². The average Bonchev–Trinajstić information content (AvgIpc) is 2.45. The van der Waals surface area contributed by atoms with Crippen molar-refractivity contribution in [3.05, 3.63) is 0 Å². The van der Waals surface area contributed by atoms with Crippen molar-refractivity contribution < 1.29 is 0 Å². The number of likely N-dealkylation sites (tertiary alicyclic amines) is 1. The molecule has 0 aliphatic carbocycles. The summed E-state index contributed by atoms with van der Waals surface area (Å²) in [6, 6.07) is 0. The summed E-state index contributed by atoms with van der Waals surface area (Å²) in [5, 5.41) is 0. The highest BCUT2D eigenvalue weighted by Crippen LogP contribution is 2.20. The van der Waals surface area contributed by atoms with Crippen LogP contribution in [0.4, 0.5) is 0 Å². The molecule has 0 unspecified atom stereocenters. The minimum Gasteiger partial charge on any atom is -0.306 e. The molecule has 0 atom stereocenters. The van der Waals surface area contributed by atoms with Crippen molar-refractivity contribution in [2.75, 3.05) is 20.1 Å². The van der Waals surface area contributed by atoms with Gasteiger partial charge in [0.2, 0.25) is 0 Å². The summed E-state index contributed by atoms with van der Waals surface area (Å²) in [6.07, 6.45) is 7.67. The Labute approximate surface area is 130 Å². The third-order valence-electron chi connectivity index (χ3n) is 2.69. The maximum Gasteiger partial charge on any atom is 0.00912 e. The molecule has 1 aliphatic heterocycles. The lowest BCUT2D eigenvalue weighted by Gasteiger charge is -2.28. The van der Waals surface area contributed by atoms with Gasteiger partial charge in [0.25, 0.3) is 0 Å². The molecule has 0 saturated carbocycles. The maximum absolute atomic E-state index is 3.14. The SMILES string of the molecule is CC.CC#CCCC1CCN(C)CC1.CCC.CCC. The molecule has 20 heavy (non-hydrogen) atoms. The highest BCUT2D eigenvalue weighted by Gasteiger charge is 2.15. The molecule has 0 N–H and O–H groups in total. The van der Waals surface area contributed by atoms with Crippen molar-refractivity contribution in [3.8, 4) is 11.8 Å². The molecule has 0 aromatic heterocycles. The van der Waals surface area contributed by atoms with Crippen LogP contribution >= 0.6 is 0 Å². The first-order chi connectivity index (χ1) is 9.65. The van der Waals surface area contributed by atoms with Crippen molar-refractivity contribution in [1.82, 2.24) is 4.90 Å². The van der Waals surface area contributed by atoms with Crippen molar-refractivity contribution >= 4 is 0 Å². The number of nitrogens with zero attached hydrogens (tertiary/aromatic N) is 1. The summed E-state index contributed by atoms with van der Waals surface area (Å²) in [7, 11) is 2.21. The van der Waals surface area contributed by atoms with Crippen LogP contribution in [0, 0.1) is 17.8 Å². The lowest BCUT2D eigenvalue weighted by atomic mass is 9.93. The molecule has 0 aromatic carbocycles. The Morgan fingerprint density at radius 1 is 0.950 bits per heavy atom. The molecule has 0 radical (unpaired) electrons. The van der Waals surface area contributed by atoms with E-state index < -0.39 is 0 Å². The van der Waals surface area contributed by atoms with Crippen molar-refractivity contribution in [1.29, 1.82) is 0 Å². The first-order valence-electron chi connectivity index (χ1n) is 8.74. The highest BCUT2D eigenvalue weighted by molar-refractivity contribution is 4.95. The van der Waals surface area contributed by atoms with Gasteiger partial charge in [-0.25, -0.2) is 0 Å². The van der Waals surface area contributed by atoms with Gasteiger partial charge in [-0.3, -0.25) is 0 Å². The fourth-order valence-electron chi connectivity index (χ4n) is 1.75. The summed E-state index contributed by atoms with van der Waals surface area (Å²) in [5.74, 6) is 7.05. The molecular weight excluding hydrogens is 242 g/mol. The third kappa shape index (κ3) is 22.7. The van der Waals surface area contributed by atoms with E-state index in [1.807, 2.05) is 20.8 Å². The van der Waals surface area contributed by atoms with Crippen LogP contribution in [-0.2, 0) is 0 Å². The topological polar surface area (TPSA) is 3.24 Å². The van der Waals surface area contributed by atoms with Crippen LogP contribution in [-0.4, -0.2) is 25.0 Å². The minimum atomic E-state index is 0.946. The van der Waals surface area contributed by atoms with E-state index in [2.05, 4.69) is 51.5 Å². The molecule has 0 aromatic rings. The standard InChI is InChI=1S/C11H19N.2C3H8.C2H6/c1-3-4-5-6-11-7-9-12(2)10-8-11;2*1-3-2;1-2/h11H,5-10H2,1-2H3;2*3H2,1-2H3;1-2H3. The molecule has 1 nitrogen and oxygen atoms in total. The third-order valence-corrected chi connectivity index (χ3v) is 2.69. The van der Waals surface area contributed by atoms with E-state index >= 15 is 0 Å². The van der Waals surface area contributed by atoms with Gasteiger partial charge in [0, 0.05) is 6.42 Å². The quantitative estimate of drug-likeness (QED) is 0.563. The summed E-state index contributed by atoms with van der Waals surface area (Å²) in [5.41, 5.74) is 0. The Hall–Kier alpha value is -0.480. The smallest absolute Gasteiger partial charge is 0.00912 e. The van der Waals surface area contributed by atoms with E-state index in [9.17, 15) is 0 Å². The van der Waals surface area contributed by atoms with Gasteiger partial charge in [-0.1, -0.05) is 54.4 Å². The molecular formula is C19H41N. The summed E-state index contributed by atoms with van der Waals surface area (Å²) in [6.45, 7) is 17.0. The number of hydrogen-bond acceptors (Lipinski definition) is 1. The van der Waals surface area contributed by atoms with Crippen LogP contribution in [0.2, 0.25) is 0 Å². The van der Waals surface area contributed by atoms with Gasteiger partial charge in [-0.15, -0.1) is 11.8 Å². The first-order valence-corrected chi connectivity index (χ1v) is 8.74. The summed E-state index contributed by atoms with van der Waals surface area (Å²) in [4.78, 5) is 2.42. The van der Waals surface area contributed by atoms with Gasteiger partial charge in [0.15, 0.2) is 0 Å². The van der Waals surface area contributed by atoms with Gasteiger partial charge < -0.3 is 4.90 Å². The maximum atomic E-state index is 3.14. The predicted molar refractivity (Wildman–Crippen MR) is 96.2 cm³/mol. The van der Waals surface area contributed by atoms with E-state index in [4.69, 9.17) is 0 Å². The molecule has 0 spiro atoms. The Kier molecular flexibility index (Phi) is 28.9. The molecule has 122 valence electrons. The normalized spacial score (nSPS) is 14.2. The zero-order chi connectivity index (χ0) is 16.2. The zero-order valence-electron chi connectivity index (χ0n) is 15.7. The number of piperidine rings is 1. The average molecular weight is 284 g/mol. The largest absolute Gasteiger partial charge is 0.306 e. The summed E-state index contributed by atoms with van der Waals surface area (Å²) >= 11 is 0. The van der Waals surface area contributed by atoms with Gasteiger partial charge in [-0.2, -0.15) is 0 Å². The Balaban J connectivity index is -0.000000304. The molecule has 1 saturated heterocycles. The van der Waals surface area contributed by atoms with Crippen LogP contribution in [0.1, 0.15) is 87.0 Å². The van der Waals surface area contributed by atoms with Gasteiger partial charge >= 0.3 is 0 Å². The molecule has 0 bridgehead atoms. The predicted octanol–water partition coefficient (Wildman–Crippen LogP) is 5.99. The van der Waals surface area contributed by atoms with Gasteiger partial charge in [-0.05, 0) is 52.2 Å². The van der Waals surface area contributed by atoms with E-state index in [0.717, 1.165) is 12.3 Å². The van der Waals surface area contributed by atoms with Crippen molar-refractivity contribution in [3.63, 3.8) is 0 Å². The van der Waals surface area contributed by atoms with Crippen LogP contribution in [0.15, 0.2) is 0 Å². The van der Waals surface area contributed by atoms with E-state index in [1.54, 1.807) is 0 Å². The van der Waals surface area contributed by atoms with Crippen LogP contribution < -0.4 is 0 Å². The minimum absolute atomic E-state index is 0.946. The second-order valence-corrected chi connectivity index (χ2v) is 5.13. The van der Waals surface area contributed by atoms with E-state index in [0.29, 0.717) is 0 Å². The van der Waals surface area contributed by atoms with E-state index in [1.165, 1.54) is 45.2 Å². The first kappa shape index (κ1) is 24.5. The zero-order valence-corrected chi connectivity index (χ0v) is 15.7. The van der Waals surface area contributed by atoms with Gasteiger partial charge in [0.05, 0.1) is 0 Å². The van der Waals surface area contributed by atoms with Crippen LogP contribution in [0.3, 0.4) is 0 Å². The van der Waals surface area contributed by atoms with Crippen LogP contribution in [0.5, 0.6) is 0 Å². The Morgan fingerprint density at radius 3 is 1.70 bits per heavy atom. The van der Waals surface area contributed by atoms with Crippen LogP contribution in [0.25, 0.3) is 0 Å². The fourth-order valence-corrected chi connectivity index (χ4v) is 1.75. The highest BCUT2D eigenvalue weighted by atomic mass is 15.1. The molecule has 1 aliphatic rings. The molecule has 1 heteroatoms. The number of rotatable bonds is 2. The monoisotopic (exact) mass is 283 g/mol. The lowest BCUT2D eigenvalue weighted by Crippen LogP contribution is -2.30. The fraction of sp³-hybridized carbons (Fsp3) is 0.895. The molecule has 1 heterocycles. The van der Waals surface area contributed by atoms with E-state index in [-0.39, 0.29) is 0 Å². The number of hydrogen-bond donors (Lipinski definition) is 0. The Morgan fingerprint density at radius 2 is 1.35 bits per heavy atom. The van der Waals surface area contributed by atoms with Gasteiger partial charge in [0.1, 0.15) is 0 Å². The van der Waals surface area contributed by atoms with Crippen molar-refractivity contribution in [2.45, 2.75) is 87.0 Å². The second-order valence-electron chi connectivity index (χ2n) is 5.13.